The normalized spacial score (nSPS) is 20.6. The number of aliphatic hydroxyl groups is 4. The highest BCUT2D eigenvalue weighted by Gasteiger charge is 2.32. The Morgan fingerprint density at radius 3 is 1.77 bits per heavy atom. The standard InChI is InChI=1S/C41H75N4O7P/c1-7-32(4)19-11-8-12-20-33(5)26-35(47)28-45(30-39(49)53)24-16-14-22-37-41(51)42-36(40(50)43-37)21-13-15-23-44(27-34(6)46)29-38(48)52-25-17-9-10-18-31(2)3/h10-12,17-20,25,31-39,46-49H,7-9,13-16,21-24,26-30,53H2,1-6H3,(H,42,51)(H,43,50)/b18-10-,19-11-,20-12-,25-17-. The van der Waals surface area contributed by atoms with Crippen molar-refractivity contribution in [2.24, 2.45) is 17.8 Å². The number of carbonyl (C=O) groups is 2. The summed E-state index contributed by atoms with van der Waals surface area (Å²) in [6.07, 6.45) is 21.4. The second-order valence-corrected chi connectivity index (χ2v) is 16.0. The van der Waals surface area contributed by atoms with E-state index in [1.165, 1.54) is 6.26 Å². The van der Waals surface area contributed by atoms with Crippen LogP contribution in [0.5, 0.6) is 0 Å². The first kappa shape index (κ1) is 48.9. The summed E-state index contributed by atoms with van der Waals surface area (Å²) >= 11 is 0. The van der Waals surface area contributed by atoms with Crippen molar-refractivity contribution in [2.75, 3.05) is 39.3 Å². The number of hydrogen-bond acceptors (Lipinski definition) is 9. The number of nitrogens with one attached hydrogen (secondary N) is 2. The van der Waals surface area contributed by atoms with Crippen molar-refractivity contribution in [3.63, 3.8) is 0 Å². The van der Waals surface area contributed by atoms with Crippen LogP contribution in [0.2, 0.25) is 0 Å². The number of aliphatic hydroxyl groups excluding tert-OH is 4. The van der Waals surface area contributed by atoms with Crippen molar-refractivity contribution in [3.8, 4) is 0 Å². The van der Waals surface area contributed by atoms with Gasteiger partial charge in [0.2, 0.25) is 18.1 Å². The second-order valence-electron chi connectivity index (χ2n) is 15.3. The lowest BCUT2D eigenvalue weighted by Gasteiger charge is -2.30. The lowest BCUT2D eigenvalue weighted by atomic mass is 10.0. The van der Waals surface area contributed by atoms with E-state index in [0.717, 1.165) is 32.1 Å². The van der Waals surface area contributed by atoms with Crippen LogP contribution in [0.15, 0.2) is 48.8 Å². The average molecular weight is 767 g/mol. The first-order valence-corrected chi connectivity index (χ1v) is 20.7. The van der Waals surface area contributed by atoms with Crippen molar-refractivity contribution in [3.05, 3.63) is 48.8 Å². The molecule has 1 aliphatic heterocycles. The zero-order valence-electron chi connectivity index (χ0n) is 33.6. The molecular formula is C41H75N4O7P. The number of carbonyl (C=O) groups excluding carboxylic acids is 2. The van der Waals surface area contributed by atoms with Crippen LogP contribution in [0.3, 0.4) is 0 Å². The molecule has 1 rings (SSSR count). The van der Waals surface area contributed by atoms with E-state index in [1.807, 2.05) is 17.1 Å². The van der Waals surface area contributed by atoms with Gasteiger partial charge in [0.15, 0.2) is 0 Å². The predicted octanol–water partition coefficient (Wildman–Crippen LogP) is 4.88. The molecule has 9 atom stereocenters. The molecule has 0 saturated carbocycles. The third kappa shape index (κ3) is 25.6. The van der Waals surface area contributed by atoms with Gasteiger partial charge in [0, 0.05) is 19.6 Å². The first-order chi connectivity index (χ1) is 25.2. The van der Waals surface area contributed by atoms with Gasteiger partial charge in [0.25, 0.3) is 0 Å². The number of piperazine rings is 1. The molecule has 0 radical (unpaired) electrons. The molecule has 53 heavy (non-hydrogen) atoms. The number of unbranched alkanes of at least 4 members (excludes halogenated alkanes) is 2. The maximum absolute atomic E-state index is 12.9. The van der Waals surface area contributed by atoms with E-state index >= 15 is 0 Å². The molecule has 0 aromatic rings. The van der Waals surface area contributed by atoms with Crippen molar-refractivity contribution in [2.45, 2.75) is 142 Å². The molecule has 9 unspecified atom stereocenters. The summed E-state index contributed by atoms with van der Waals surface area (Å²) in [6, 6.07) is -1.17. The van der Waals surface area contributed by atoms with E-state index in [2.05, 4.69) is 89.8 Å². The van der Waals surface area contributed by atoms with Crippen LogP contribution in [-0.4, -0.2) is 118 Å². The van der Waals surface area contributed by atoms with E-state index in [0.29, 0.717) is 76.7 Å². The van der Waals surface area contributed by atoms with E-state index < -0.39 is 36.4 Å². The van der Waals surface area contributed by atoms with Gasteiger partial charge in [0.1, 0.15) is 12.1 Å². The number of amides is 2. The van der Waals surface area contributed by atoms with Crippen LogP contribution in [0.4, 0.5) is 0 Å². The van der Waals surface area contributed by atoms with Crippen LogP contribution in [-0.2, 0) is 14.3 Å². The van der Waals surface area contributed by atoms with Crippen LogP contribution < -0.4 is 10.6 Å². The van der Waals surface area contributed by atoms with Gasteiger partial charge in [-0.25, -0.2) is 0 Å². The average Bonchev–Trinajstić information content (AvgIpc) is 3.07. The lowest BCUT2D eigenvalue weighted by Crippen LogP contribution is -2.61. The molecule has 0 aromatic carbocycles. The van der Waals surface area contributed by atoms with Crippen LogP contribution in [0, 0.1) is 17.8 Å². The van der Waals surface area contributed by atoms with E-state index in [-0.39, 0.29) is 24.3 Å². The van der Waals surface area contributed by atoms with E-state index in [4.69, 9.17) is 4.74 Å². The summed E-state index contributed by atoms with van der Waals surface area (Å²) in [7, 11) is 2.40. The molecule has 1 fully saturated rings. The van der Waals surface area contributed by atoms with Crippen LogP contribution >= 0.6 is 9.24 Å². The smallest absolute Gasteiger partial charge is 0.243 e. The maximum atomic E-state index is 12.9. The summed E-state index contributed by atoms with van der Waals surface area (Å²) in [6.45, 7) is 15.2. The Bertz CT molecular complexity index is 1100. The molecule has 2 amide bonds. The number of rotatable bonds is 30. The number of nitrogens with zero attached hydrogens (tertiary/aromatic N) is 2. The van der Waals surface area contributed by atoms with Gasteiger partial charge in [-0.3, -0.25) is 19.4 Å². The lowest BCUT2D eigenvalue weighted by molar-refractivity contribution is -0.137. The molecule has 1 aliphatic rings. The monoisotopic (exact) mass is 767 g/mol. The summed E-state index contributed by atoms with van der Waals surface area (Å²) in [4.78, 5) is 29.8. The Morgan fingerprint density at radius 1 is 0.717 bits per heavy atom. The SMILES string of the molecule is CCC(C)/C=C\C/C=C\C(C)CC(O)CN(CCCCC1NC(=O)C(CCCCN(CC(C)O)CC(O)O/C=C\C/C=C\C(C)C)NC1=O)CC(O)P. The fraction of sp³-hybridized carbons (Fsp3) is 0.756. The third-order valence-electron chi connectivity index (χ3n) is 9.17. The van der Waals surface area contributed by atoms with E-state index in [9.17, 15) is 30.0 Å². The molecule has 12 heteroatoms. The molecule has 1 heterocycles. The zero-order chi connectivity index (χ0) is 39.6. The van der Waals surface area contributed by atoms with Gasteiger partial charge in [-0.05, 0) is 102 Å². The summed E-state index contributed by atoms with van der Waals surface area (Å²) in [5.74, 6) is 0.346. The quantitative estimate of drug-likeness (QED) is 0.0198. The molecule has 0 bridgehead atoms. The molecule has 306 valence electrons. The summed E-state index contributed by atoms with van der Waals surface area (Å²) in [5.41, 5.74) is 0. The fourth-order valence-electron chi connectivity index (χ4n) is 6.21. The Balaban J connectivity index is 2.43. The number of ether oxygens (including phenoxy) is 1. The molecule has 0 aliphatic carbocycles. The number of allylic oxidation sites excluding steroid dienone is 7. The van der Waals surface area contributed by atoms with Gasteiger partial charge >= 0.3 is 0 Å². The molecule has 6 N–H and O–H groups in total. The maximum Gasteiger partial charge on any atom is 0.243 e. The fourth-order valence-corrected chi connectivity index (χ4v) is 6.51. The van der Waals surface area contributed by atoms with Gasteiger partial charge in [-0.15, -0.1) is 9.24 Å². The molecule has 0 spiro atoms. The molecule has 1 saturated heterocycles. The van der Waals surface area contributed by atoms with Crippen molar-refractivity contribution in [1.29, 1.82) is 0 Å². The minimum atomic E-state index is -1.03. The summed E-state index contributed by atoms with van der Waals surface area (Å²) < 4.78 is 5.40. The largest absolute Gasteiger partial charge is 0.472 e. The highest BCUT2D eigenvalue weighted by molar-refractivity contribution is 7.17. The molecule has 0 aromatic heterocycles. The van der Waals surface area contributed by atoms with Gasteiger partial charge in [-0.1, -0.05) is 77.5 Å². The minimum Gasteiger partial charge on any atom is -0.472 e. The molecular weight excluding hydrogens is 691 g/mol. The van der Waals surface area contributed by atoms with Crippen LogP contribution in [0.25, 0.3) is 0 Å². The van der Waals surface area contributed by atoms with Gasteiger partial charge in [-0.2, -0.15) is 0 Å². The van der Waals surface area contributed by atoms with Crippen molar-refractivity contribution in [1.82, 2.24) is 20.4 Å². The van der Waals surface area contributed by atoms with Crippen molar-refractivity contribution < 1.29 is 34.8 Å². The highest BCUT2D eigenvalue weighted by atomic mass is 31.0. The second kappa shape index (κ2) is 29.2. The van der Waals surface area contributed by atoms with Crippen LogP contribution in [0.1, 0.15) is 106 Å². The Labute approximate surface area is 323 Å². The first-order valence-electron chi connectivity index (χ1n) is 20.0. The predicted molar refractivity (Wildman–Crippen MR) is 219 cm³/mol. The Morgan fingerprint density at radius 2 is 1.25 bits per heavy atom. The minimum absolute atomic E-state index is 0.177. The summed E-state index contributed by atoms with van der Waals surface area (Å²) in [5, 5.41) is 46.9. The van der Waals surface area contributed by atoms with Crippen molar-refractivity contribution >= 4 is 21.1 Å². The Kier molecular flexibility index (Phi) is 27.0. The Hall–Kier alpha value is -2.11. The highest BCUT2D eigenvalue weighted by Crippen LogP contribution is 2.15. The van der Waals surface area contributed by atoms with Gasteiger partial charge in [0.05, 0.1) is 30.9 Å². The number of hydrogen-bond donors (Lipinski definition) is 6. The zero-order valence-corrected chi connectivity index (χ0v) is 34.8. The topological polar surface area (TPSA) is 155 Å². The van der Waals surface area contributed by atoms with E-state index in [1.54, 1.807) is 6.92 Å². The van der Waals surface area contributed by atoms with Gasteiger partial charge < -0.3 is 35.8 Å². The molecule has 11 nitrogen and oxygen atoms in total. The third-order valence-corrected chi connectivity index (χ3v) is 9.38.